The minimum absolute atomic E-state index is 0.00790. The highest BCUT2D eigenvalue weighted by Crippen LogP contribution is 2.25. The molecule has 1 aromatic heterocycles. The predicted molar refractivity (Wildman–Crippen MR) is 102 cm³/mol. The largest absolute Gasteiger partial charge is 0.370 e. The summed E-state index contributed by atoms with van der Waals surface area (Å²) in [6.45, 7) is 7.48. The summed E-state index contributed by atoms with van der Waals surface area (Å²) in [7, 11) is 0. The highest BCUT2D eigenvalue weighted by Gasteiger charge is 2.26. The lowest BCUT2D eigenvalue weighted by molar-refractivity contribution is -0.0157. The van der Waals surface area contributed by atoms with Crippen LogP contribution in [0.2, 0.25) is 0 Å². The topological polar surface area (TPSA) is 67.6 Å². The van der Waals surface area contributed by atoms with Crippen molar-refractivity contribution in [1.82, 2.24) is 15.4 Å². The van der Waals surface area contributed by atoms with E-state index < -0.39 is 0 Å². The molecule has 1 aromatic carbocycles. The van der Waals surface area contributed by atoms with Crippen molar-refractivity contribution < 1.29 is 14.1 Å². The Bertz CT molecular complexity index is 758. The van der Waals surface area contributed by atoms with Crippen molar-refractivity contribution in [3.05, 3.63) is 51.3 Å². The van der Waals surface area contributed by atoms with E-state index in [1.165, 1.54) is 0 Å². The van der Waals surface area contributed by atoms with Crippen LogP contribution >= 0.6 is 15.9 Å². The van der Waals surface area contributed by atoms with Crippen LogP contribution in [0, 0.1) is 13.8 Å². The van der Waals surface area contributed by atoms with Gasteiger partial charge in [0.05, 0.1) is 18.8 Å². The number of halogens is 1. The van der Waals surface area contributed by atoms with E-state index in [1.54, 1.807) is 0 Å². The normalized spacial score (nSPS) is 18.6. The zero-order chi connectivity index (χ0) is 18.7. The van der Waals surface area contributed by atoms with Gasteiger partial charge < -0.3 is 19.5 Å². The molecule has 2 heterocycles. The van der Waals surface area contributed by atoms with Gasteiger partial charge in [0, 0.05) is 22.6 Å². The van der Waals surface area contributed by atoms with Crippen LogP contribution < -0.4 is 5.32 Å². The number of aromatic nitrogens is 1. The Balaban J connectivity index is 1.59. The first kappa shape index (κ1) is 18.9. The van der Waals surface area contributed by atoms with Crippen LogP contribution in [-0.4, -0.2) is 41.8 Å². The summed E-state index contributed by atoms with van der Waals surface area (Å²) in [5, 5.41) is 7.05. The number of nitrogens with zero attached hydrogens (tertiary/aromatic N) is 2. The maximum Gasteiger partial charge on any atom is 0.317 e. The van der Waals surface area contributed by atoms with Crippen molar-refractivity contribution in [2.45, 2.75) is 39.3 Å². The van der Waals surface area contributed by atoms with E-state index in [1.807, 2.05) is 49.9 Å². The van der Waals surface area contributed by atoms with Crippen LogP contribution in [0.15, 0.2) is 33.3 Å². The fourth-order valence-corrected chi connectivity index (χ4v) is 3.61. The summed E-state index contributed by atoms with van der Waals surface area (Å²) in [4.78, 5) is 14.5. The van der Waals surface area contributed by atoms with Gasteiger partial charge in [-0.15, -0.1) is 0 Å². The number of hydrogen-bond donors (Lipinski definition) is 1. The van der Waals surface area contributed by atoms with E-state index >= 15 is 0 Å². The standard InChI is InChI=1S/C19H24BrN3O3/c1-12(9-17-13(2)22-26-14(17)3)21-19(24)23-7-8-25-18(11-23)15-5-4-6-16(20)10-15/h4-6,10,12,18H,7-9,11H2,1-3H3,(H,21,24)/t12-,18+/m0/s1. The zero-order valence-electron chi connectivity index (χ0n) is 15.3. The molecule has 0 bridgehead atoms. The number of ether oxygens (including phenoxy) is 1. The molecule has 0 unspecified atom stereocenters. The van der Waals surface area contributed by atoms with Crippen LogP contribution in [0.25, 0.3) is 0 Å². The van der Waals surface area contributed by atoms with Crippen LogP contribution in [0.1, 0.15) is 35.6 Å². The number of aryl methyl sites for hydroxylation is 2. The van der Waals surface area contributed by atoms with Gasteiger partial charge >= 0.3 is 6.03 Å². The van der Waals surface area contributed by atoms with Gasteiger partial charge in [0.15, 0.2) is 0 Å². The van der Waals surface area contributed by atoms with Gasteiger partial charge in [0.1, 0.15) is 11.9 Å². The summed E-state index contributed by atoms with van der Waals surface area (Å²) < 4.78 is 12.1. The summed E-state index contributed by atoms with van der Waals surface area (Å²) in [6, 6.07) is 7.95. The second-order valence-electron chi connectivity index (χ2n) is 6.72. The molecule has 3 rings (SSSR count). The fraction of sp³-hybridized carbons (Fsp3) is 0.474. The first-order valence-corrected chi connectivity index (χ1v) is 9.57. The van der Waals surface area contributed by atoms with E-state index in [4.69, 9.17) is 9.26 Å². The smallest absolute Gasteiger partial charge is 0.317 e. The molecule has 1 saturated heterocycles. The molecule has 0 saturated carbocycles. The Morgan fingerprint density at radius 1 is 1.46 bits per heavy atom. The lowest BCUT2D eigenvalue weighted by Crippen LogP contribution is -2.49. The monoisotopic (exact) mass is 421 g/mol. The van der Waals surface area contributed by atoms with Crippen molar-refractivity contribution in [3.8, 4) is 0 Å². The van der Waals surface area contributed by atoms with Crippen molar-refractivity contribution in [2.24, 2.45) is 0 Å². The maximum absolute atomic E-state index is 12.7. The Hall–Kier alpha value is -1.86. The molecular weight excluding hydrogens is 398 g/mol. The van der Waals surface area contributed by atoms with E-state index in [9.17, 15) is 4.79 Å². The average Bonchev–Trinajstić information content (AvgIpc) is 2.93. The highest BCUT2D eigenvalue weighted by molar-refractivity contribution is 9.10. The van der Waals surface area contributed by atoms with E-state index in [-0.39, 0.29) is 18.2 Å². The molecule has 140 valence electrons. The van der Waals surface area contributed by atoms with Gasteiger partial charge in [0.25, 0.3) is 0 Å². The number of carbonyl (C=O) groups excluding carboxylic acids is 1. The number of carbonyl (C=O) groups is 1. The maximum atomic E-state index is 12.7. The van der Waals surface area contributed by atoms with Gasteiger partial charge in [0.2, 0.25) is 0 Å². The number of amides is 2. The Labute approximate surface area is 162 Å². The van der Waals surface area contributed by atoms with Crippen LogP contribution in [0.5, 0.6) is 0 Å². The molecule has 1 N–H and O–H groups in total. The number of urea groups is 1. The number of nitrogens with one attached hydrogen (secondary N) is 1. The lowest BCUT2D eigenvalue weighted by Gasteiger charge is -2.34. The minimum atomic E-state index is -0.107. The van der Waals surface area contributed by atoms with Gasteiger partial charge in [-0.05, 0) is 44.9 Å². The van der Waals surface area contributed by atoms with Crippen molar-refractivity contribution in [2.75, 3.05) is 19.7 Å². The van der Waals surface area contributed by atoms with Gasteiger partial charge in [-0.2, -0.15) is 0 Å². The number of rotatable bonds is 4. The SMILES string of the molecule is Cc1noc(C)c1C[C@H](C)NC(=O)N1CCO[C@@H](c2cccc(Br)c2)C1. The molecule has 6 nitrogen and oxygen atoms in total. The second kappa shape index (κ2) is 8.22. The van der Waals surface area contributed by atoms with Crippen LogP contribution in [0.4, 0.5) is 4.79 Å². The number of hydrogen-bond acceptors (Lipinski definition) is 4. The van der Waals surface area contributed by atoms with Gasteiger partial charge in [-0.3, -0.25) is 0 Å². The van der Waals surface area contributed by atoms with E-state index in [2.05, 4.69) is 26.4 Å². The highest BCUT2D eigenvalue weighted by atomic mass is 79.9. The first-order chi connectivity index (χ1) is 12.4. The third-order valence-corrected chi connectivity index (χ3v) is 5.13. The molecule has 2 atom stereocenters. The first-order valence-electron chi connectivity index (χ1n) is 8.78. The number of morpholine rings is 1. The van der Waals surface area contributed by atoms with E-state index in [0.717, 1.165) is 27.1 Å². The van der Waals surface area contributed by atoms with Crippen molar-refractivity contribution >= 4 is 22.0 Å². The Kier molecular flexibility index (Phi) is 5.98. The molecular formula is C19H24BrN3O3. The van der Waals surface area contributed by atoms with Gasteiger partial charge in [-0.1, -0.05) is 33.2 Å². The molecule has 1 aliphatic heterocycles. The zero-order valence-corrected chi connectivity index (χ0v) is 16.9. The molecule has 26 heavy (non-hydrogen) atoms. The molecule has 1 aliphatic rings. The Morgan fingerprint density at radius 2 is 2.27 bits per heavy atom. The van der Waals surface area contributed by atoms with E-state index in [0.29, 0.717) is 26.1 Å². The van der Waals surface area contributed by atoms with Crippen LogP contribution in [-0.2, 0) is 11.2 Å². The molecule has 0 aliphatic carbocycles. The van der Waals surface area contributed by atoms with Crippen LogP contribution in [0.3, 0.4) is 0 Å². The third kappa shape index (κ3) is 4.45. The van der Waals surface area contributed by atoms with Gasteiger partial charge in [-0.25, -0.2) is 4.79 Å². The molecule has 0 radical (unpaired) electrons. The fourth-order valence-electron chi connectivity index (χ4n) is 3.19. The molecule has 0 spiro atoms. The third-order valence-electron chi connectivity index (χ3n) is 4.64. The quantitative estimate of drug-likeness (QED) is 0.815. The lowest BCUT2D eigenvalue weighted by atomic mass is 10.1. The summed E-state index contributed by atoms with van der Waals surface area (Å²) in [6.07, 6.45) is 0.594. The van der Waals surface area contributed by atoms with Crippen molar-refractivity contribution in [3.63, 3.8) is 0 Å². The molecule has 2 aromatic rings. The minimum Gasteiger partial charge on any atom is -0.370 e. The predicted octanol–water partition coefficient (Wildman–Crippen LogP) is 3.77. The molecule has 2 amide bonds. The van der Waals surface area contributed by atoms with Crippen molar-refractivity contribution in [1.29, 1.82) is 0 Å². The summed E-state index contributed by atoms with van der Waals surface area (Å²) in [5.41, 5.74) is 3.01. The average molecular weight is 422 g/mol. The number of benzene rings is 1. The Morgan fingerprint density at radius 3 is 2.96 bits per heavy atom. The molecule has 1 fully saturated rings. The second-order valence-corrected chi connectivity index (χ2v) is 7.63. The summed E-state index contributed by atoms with van der Waals surface area (Å²) in [5.74, 6) is 0.810. The molecule has 7 heteroatoms. The summed E-state index contributed by atoms with van der Waals surface area (Å²) >= 11 is 3.48.